The number of nitriles is 1. The Bertz CT molecular complexity index is 1020. The van der Waals surface area contributed by atoms with Crippen LogP contribution in [0.25, 0.3) is 0 Å². The van der Waals surface area contributed by atoms with Gasteiger partial charge >= 0.3 is 0 Å². The van der Waals surface area contributed by atoms with Crippen LogP contribution >= 0.6 is 6.89 Å². The third-order valence-corrected chi connectivity index (χ3v) is 8.87. The summed E-state index contributed by atoms with van der Waals surface area (Å²) in [5.74, 6) is -0.254. The maximum Gasteiger partial charge on any atom is 0.197 e. The molecule has 0 bridgehead atoms. The number of hydrogen-bond donors (Lipinski definition) is 0. The van der Waals surface area contributed by atoms with Crippen LogP contribution in [0.15, 0.2) is 115 Å². The second-order valence-corrected chi connectivity index (χ2v) is 9.73. The molecule has 0 unspecified atom stereocenters. The van der Waals surface area contributed by atoms with Crippen LogP contribution in [0.1, 0.15) is 6.92 Å². The van der Waals surface area contributed by atoms with Gasteiger partial charge in [0.05, 0.1) is 0 Å². The molecule has 0 atom stereocenters. The van der Waals surface area contributed by atoms with Gasteiger partial charge in [0.1, 0.15) is 11.4 Å². The van der Waals surface area contributed by atoms with E-state index in [9.17, 15) is 10.1 Å². The van der Waals surface area contributed by atoms with E-state index in [1.165, 1.54) is 6.08 Å². The number of nitrogens with zero attached hydrogens (tertiary/aromatic N) is 1. The molecule has 3 aromatic carbocycles. The number of benzene rings is 3. The quantitative estimate of drug-likeness (QED) is 0.353. The highest BCUT2D eigenvalue weighted by Crippen LogP contribution is 2.46. The Kier molecular flexibility index (Phi) is 6.80. The first-order valence-electron chi connectivity index (χ1n) is 9.42. The monoisotopic (exact) mass is 395 g/mol. The van der Waals surface area contributed by atoms with Crippen LogP contribution in [0, 0.1) is 11.3 Å². The minimum Gasteiger partial charge on any atom is -0.288 e. The van der Waals surface area contributed by atoms with Crippen LogP contribution in [-0.2, 0) is 4.79 Å². The number of carbonyl (C=O) groups is 1. The lowest BCUT2D eigenvalue weighted by Crippen LogP contribution is -2.32. The third-order valence-electron chi connectivity index (χ3n) is 4.66. The minimum absolute atomic E-state index is 0.254. The van der Waals surface area contributed by atoms with Gasteiger partial charge < -0.3 is 0 Å². The number of hydrogen-bond acceptors (Lipinski definition) is 2. The van der Waals surface area contributed by atoms with E-state index in [1.54, 1.807) is 12.2 Å². The fourth-order valence-electron chi connectivity index (χ4n) is 3.42. The lowest BCUT2D eigenvalue weighted by atomic mass is 10.3. The molecular weight excluding hydrogens is 373 g/mol. The molecule has 0 amide bonds. The van der Waals surface area contributed by atoms with Crippen LogP contribution in [0.4, 0.5) is 0 Å². The fourth-order valence-corrected chi connectivity index (χ4v) is 7.50. The van der Waals surface area contributed by atoms with Crippen molar-refractivity contribution >= 4 is 33.9 Å². The van der Waals surface area contributed by atoms with Gasteiger partial charge in [-0.3, -0.25) is 4.79 Å². The molecule has 142 valence electrons. The molecule has 0 aliphatic heterocycles. The summed E-state index contributed by atoms with van der Waals surface area (Å²) in [6.45, 7) is -0.750. The molecule has 0 heterocycles. The second-order valence-electron chi connectivity index (χ2n) is 6.39. The lowest BCUT2D eigenvalue weighted by molar-refractivity contribution is -0.108. The van der Waals surface area contributed by atoms with Gasteiger partial charge in [0.15, 0.2) is 5.78 Å². The van der Waals surface area contributed by atoms with Crippen LogP contribution in [-0.4, -0.2) is 11.1 Å². The van der Waals surface area contributed by atoms with Crippen molar-refractivity contribution in [1.82, 2.24) is 0 Å². The smallest absolute Gasteiger partial charge is 0.197 e. The number of carbonyl (C=O) groups excluding carboxylic acids is 1. The van der Waals surface area contributed by atoms with Gasteiger partial charge in [-0.15, -0.1) is 0 Å². The highest BCUT2D eigenvalue weighted by molar-refractivity contribution is 7.97. The van der Waals surface area contributed by atoms with Crippen molar-refractivity contribution < 1.29 is 4.79 Å². The molecule has 0 aliphatic carbocycles. The van der Waals surface area contributed by atoms with Gasteiger partial charge in [0, 0.05) is 0 Å². The molecule has 3 rings (SSSR count). The summed E-state index contributed by atoms with van der Waals surface area (Å²) in [4.78, 5) is 13.3. The van der Waals surface area contributed by atoms with Crippen LogP contribution < -0.4 is 15.9 Å². The van der Waals surface area contributed by atoms with E-state index in [4.69, 9.17) is 0 Å². The summed E-state index contributed by atoms with van der Waals surface area (Å²) < 4.78 is 0. The average molecular weight is 395 g/mol. The summed E-state index contributed by atoms with van der Waals surface area (Å²) in [6.07, 6.45) is 6.82. The second kappa shape index (κ2) is 9.69. The van der Waals surface area contributed by atoms with Gasteiger partial charge in [0.2, 0.25) is 0 Å². The first kappa shape index (κ1) is 20.3. The van der Waals surface area contributed by atoms with Crippen molar-refractivity contribution in [2.75, 3.05) is 0 Å². The van der Waals surface area contributed by atoms with Crippen molar-refractivity contribution in [3.63, 3.8) is 0 Å². The van der Waals surface area contributed by atoms with E-state index in [0.29, 0.717) is 0 Å². The Morgan fingerprint density at radius 2 is 1.17 bits per heavy atom. The Labute approximate surface area is 172 Å². The standard InChI is InChI=1S/C26H22NOP/c1-2-3-7-20-25(28)26(21-27)29(22-14-8-4-9-15-22,23-16-10-5-11-17-23)24-18-12-6-13-19-24/h2-20H,1H3/b3-2+,20-7+. The summed E-state index contributed by atoms with van der Waals surface area (Å²) in [5, 5.41) is 13.5. The molecule has 0 fully saturated rings. The summed E-state index contributed by atoms with van der Waals surface area (Å²) in [5.41, 5.74) is 0. The summed E-state index contributed by atoms with van der Waals surface area (Å²) in [7, 11) is 0. The first-order valence-corrected chi connectivity index (χ1v) is 11.2. The number of ketones is 1. The fraction of sp³-hybridized carbons (Fsp3) is 0.0385. The van der Waals surface area contributed by atoms with Gasteiger partial charge in [-0.25, -0.2) is 0 Å². The molecule has 0 spiro atoms. The zero-order valence-corrected chi connectivity index (χ0v) is 17.2. The van der Waals surface area contributed by atoms with E-state index in [1.807, 2.05) is 104 Å². The molecule has 3 heteroatoms. The number of rotatable bonds is 6. The highest BCUT2D eigenvalue weighted by Gasteiger charge is 2.32. The molecule has 0 aliphatic rings. The first-order chi connectivity index (χ1) is 14.2. The molecule has 0 radical (unpaired) electrons. The Morgan fingerprint density at radius 3 is 1.52 bits per heavy atom. The van der Waals surface area contributed by atoms with Crippen molar-refractivity contribution in [3.05, 3.63) is 115 Å². The van der Waals surface area contributed by atoms with E-state index >= 15 is 0 Å². The predicted octanol–water partition coefficient (Wildman–Crippen LogP) is 4.38. The number of allylic oxidation sites excluding steroid dienone is 4. The van der Waals surface area contributed by atoms with E-state index in [2.05, 4.69) is 6.07 Å². The van der Waals surface area contributed by atoms with Crippen molar-refractivity contribution in [2.24, 2.45) is 0 Å². The molecule has 0 N–H and O–H groups in total. The largest absolute Gasteiger partial charge is 0.288 e. The van der Waals surface area contributed by atoms with Gasteiger partial charge in [-0.1, -0.05) is 109 Å². The Hall–Kier alpha value is -3.40. The summed E-state index contributed by atoms with van der Waals surface area (Å²) in [6, 6.07) is 32.1. The third kappa shape index (κ3) is 4.06. The van der Waals surface area contributed by atoms with E-state index in [-0.39, 0.29) is 11.1 Å². The molecule has 0 saturated heterocycles. The SMILES string of the molecule is C/C=C/C=C/C(=O)C(C#N)=P(c1ccccc1)(c1ccccc1)c1ccccc1. The van der Waals surface area contributed by atoms with Crippen LogP contribution in [0.3, 0.4) is 0 Å². The molecule has 2 nitrogen and oxygen atoms in total. The summed E-state index contributed by atoms with van der Waals surface area (Å²) >= 11 is 0. The lowest BCUT2D eigenvalue weighted by Gasteiger charge is -2.29. The maximum absolute atomic E-state index is 13.3. The predicted molar refractivity (Wildman–Crippen MR) is 125 cm³/mol. The highest BCUT2D eigenvalue weighted by atomic mass is 31.2. The molecule has 0 saturated carbocycles. The normalized spacial score (nSPS) is 11.4. The minimum atomic E-state index is -2.64. The van der Waals surface area contributed by atoms with Crippen LogP contribution in [0.5, 0.6) is 0 Å². The molecule has 0 aromatic heterocycles. The average Bonchev–Trinajstić information content (AvgIpc) is 2.79. The Morgan fingerprint density at radius 1 is 0.759 bits per heavy atom. The van der Waals surface area contributed by atoms with Crippen molar-refractivity contribution in [1.29, 1.82) is 5.26 Å². The molecule has 3 aromatic rings. The van der Waals surface area contributed by atoms with Crippen molar-refractivity contribution in [2.45, 2.75) is 6.92 Å². The van der Waals surface area contributed by atoms with Gasteiger partial charge in [-0.05, 0) is 35.8 Å². The zero-order chi connectivity index (χ0) is 20.5. The van der Waals surface area contributed by atoms with E-state index < -0.39 is 6.89 Å². The van der Waals surface area contributed by atoms with Gasteiger partial charge in [0.25, 0.3) is 0 Å². The van der Waals surface area contributed by atoms with E-state index in [0.717, 1.165) is 15.9 Å². The van der Waals surface area contributed by atoms with Crippen LogP contribution in [0.2, 0.25) is 0 Å². The Balaban J connectivity index is 2.52. The zero-order valence-electron chi connectivity index (χ0n) is 16.3. The maximum atomic E-state index is 13.3. The topological polar surface area (TPSA) is 40.9 Å². The molecule has 29 heavy (non-hydrogen) atoms. The van der Waals surface area contributed by atoms with Crippen molar-refractivity contribution in [3.8, 4) is 6.07 Å². The van der Waals surface area contributed by atoms with Gasteiger partial charge in [-0.2, -0.15) is 5.26 Å². The molecular formula is C26H22NOP.